The van der Waals surface area contributed by atoms with Gasteiger partial charge in [-0.1, -0.05) is 25.3 Å². The maximum Gasteiger partial charge on any atom is 0.315 e. The molecule has 5 heteroatoms. The van der Waals surface area contributed by atoms with E-state index in [4.69, 9.17) is 0 Å². The topological polar surface area (TPSA) is 66.0 Å². The van der Waals surface area contributed by atoms with Crippen LogP contribution in [0.4, 0.5) is 4.79 Å². The van der Waals surface area contributed by atoms with Gasteiger partial charge in [0.25, 0.3) is 0 Å². The maximum atomic E-state index is 11.7. The van der Waals surface area contributed by atoms with Gasteiger partial charge in [0.1, 0.15) is 0 Å². The highest BCUT2D eigenvalue weighted by atomic mass is 16.2. The van der Waals surface area contributed by atoms with E-state index >= 15 is 0 Å². The number of rotatable bonds is 7. The van der Waals surface area contributed by atoms with Crippen LogP contribution >= 0.6 is 0 Å². The van der Waals surface area contributed by atoms with Gasteiger partial charge >= 0.3 is 6.03 Å². The van der Waals surface area contributed by atoms with Gasteiger partial charge < -0.3 is 16.0 Å². The van der Waals surface area contributed by atoms with Crippen LogP contribution in [0.3, 0.4) is 0 Å². The van der Waals surface area contributed by atoms with Crippen LogP contribution in [0, 0.1) is 0 Å². The minimum absolute atomic E-state index is 0.0193. The van der Waals surface area contributed by atoms with Gasteiger partial charge in [0, 0.05) is 31.5 Å². The van der Waals surface area contributed by atoms with E-state index in [0.717, 1.165) is 32.4 Å². The first kappa shape index (κ1) is 15.8. The summed E-state index contributed by atoms with van der Waals surface area (Å²) in [6.07, 6.45) is 10.6. The fraction of sp³-hybridized carbons (Fsp3) is 0.625. The molecule has 0 saturated heterocycles. The van der Waals surface area contributed by atoms with Crippen LogP contribution in [0.2, 0.25) is 0 Å². The van der Waals surface area contributed by atoms with E-state index in [-0.39, 0.29) is 6.03 Å². The lowest BCUT2D eigenvalue weighted by Gasteiger charge is -2.22. The molecule has 0 unspecified atom stereocenters. The lowest BCUT2D eigenvalue weighted by molar-refractivity contribution is 0.232. The van der Waals surface area contributed by atoms with E-state index in [1.807, 2.05) is 12.3 Å². The number of aromatic nitrogens is 1. The van der Waals surface area contributed by atoms with Crippen LogP contribution in [-0.4, -0.2) is 30.1 Å². The summed E-state index contributed by atoms with van der Waals surface area (Å²) in [5, 5.41) is 9.33. The van der Waals surface area contributed by atoms with Crippen molar-refractivity contribution >= 4 is 6.03 Å². The number of nitrogens with one attached hydrogen (secondary N) is 3. The molecule has 0 radical (unpaired) electrons. The average Bonchev–Trinajstić information content (AvgIpc) is 2.53. The molecule has 0 atom stereocenters. The Morgan fingerprint density at radius 1 is 1.24 bits per heavy atom. The number of carbonyl (C=O) groups excluding carboxylic acids is 1. The van der Waals surface area contributed by atoms with Crippen molar-refractivity contribution in [1.29, 1.82) is 0 Å². The van der Waals surface area contributed by atoms with Gasteiger partial charge in [-0.25, -0.2) is 4.79 Å². The highest BCUT2D eigenvalue weighted by Crippen LogP contribution is 2.16. The predicted octanol–water partition coefficient (Wildman–Crippen LogP) is 2.19. The molecule has 1 aromatic rings. The summed E-state index contributed by atoms with van der Waals surface area (Å²) < 4.78 is 0. The van der Waals surface area contributed by atoms with Crippen molar-refractivity contribution in [3.63, 3.8) is 0 Å². The van der Waals surface area contributed by atoms with E-state index in [1.165, 1.54) is 24.8 Å². The van der Waals surface area contributed by atoms with Crippen LogP contribution in [0.15, 0.2) is 24.5 Å². The summed E-state index contributed by atoms with van der Waals surface area (Å²) in [6.45, 7) is 2.42. The van der Waals surface area contributed by atoms with Crippen molar-refractivity contribution in [2.45, 2.75) is 51.1 Å². The van der Waals surface area contributed by atoms with Gasteiger partial charge in [-0.05, 0) is 37.4 Å². The molecule has 1 aliphatic carbocycles. The molecular formula is C16H26N4O. The molecule has 116 valence electrons. The maximum absolute atomic E-state index is 11.7. The van der Waals surface area contributed by atoms with Crippen molar-refractivity contribution in [2.24, 2.45) is 0 Å². The zero-order valence-electron chi connectivity index (χ0n) is 12.6. The smallest absolute Gasteiger partial charge is 0.315 e. The first-order chi connectivity index (χ1) is 10.3. The molecule has 5 nitrogen and oxygen atoms in total. The van der Waals surface area contributed by atoms with Crippen LogP contribution in [0.25, 0.3) is 0 Å². The Labute approximate surface area is 126 Å². The highest BCUT2D eigenvalue weighted by molar-refractivity contribution is 5.74. The molecular weight excluding hydrogens is 264 g/mol. The molecule has 0 spiro atoms. The Balaban J connectivity index is 1.46. The number of hydrogen-bond acceptors (Lipinski definition) is 3. The third-order valence-corrected chi connectivity index (χ3v) is 3.81. The second-order valence-corrected chi connectivity index (χ2v) is 5.63. The van der Waals surface area contributed by atoms with E-state index < -0.39 is 0 Å². The van der Waals surface area contributed by atoms with Gasteiger partial charge in [-0.3, -0.25) is 4.98 Å². The Bertz CT molecular complexity index is 404. The van der Waals surface area contributed by atoms with Crippen LogP contribution in [-0.2, 0) is 6.54 Å². The molecule has 1 fully saturated rings. The van der Waals surface area contributed by atoms with Gasteiger partial charge in [0.2, 0.25) is 0 Å². The zero-order chi connectivity index (χ0) is 14.8. The van der Waals surface area contributed by atoms with Gasteiger partial charge in [-0.15, -0.1) is 0 Å². The quantitative estimate of drug-likeness (QED) is 0.674. The monoisotopic (exact) mass is 290 g/mol. The minimum atomic E-state index is -0.0193. The molecule has 3 N–H and O–H groups in total. The molecule has 1 aromatic heterocycles. The number of amides is 2. The van der Waals surface area contributed by atoms with E-state index in [1.54, 1.807) is 6.20 Å². The van der Waals surface area contributed by atoms with Gasteiger partial charge in [0.15, 0.2) is 0 Å². The normalized spacial score (nSPS) is 15.6. The molecule has 0 aliphatic heterocycles. The summed E-state index contributed by atoms with van der Waals surface area (Å²) in [5.74, 6) is 0. The Morgan fingerprint density at radius 2 is 2.10 bits per heavy atom. The van der Waals surface area contributed by atoms with E-state index in [2.05, 4.69) is 27.0 Å². The molecule has 1 heterocycles. The van der Waals surface area contributed by atoms with E-state index in [0.29, 0.717) is 12.6 Å². The van der Waals surface area contributed by atoms with Crippen molar-refractivity contribution in [3.05, 3.63) is 30.1 Å². The Morgan fingerprint density at radius 3 is 2.86 bits per heavy atom. The zero-order valence-corrected chi connectivity index (χ0v) is 12.6. The van der Waals surface area contributed by atoms with Crippen molar-refractivity contribution in [1.82, 2.24) is 20.9 Å². The third kappa shape index (κ3) is 6.58. The molecule has 21 heavy (non-hydrogen) atoms. The summed E-state index contributed by atoms with van der Waals surface area (Å²) in [5.41, 5.74) is 1.18. The van der Waals surface area contributed by atoms with Crippen molar-refractivity contribution in [2.75, 3.05) is 13.1 Å². The summed E-state index contributed by atoms with van der Waals surface area (Å²) in [6, 6.07) is 4.35. The summed E-state index contributed by atoms with van der Waals surface area (Å²) in [4.78, 5) is 15.8. The van der Waals surface area contributed by atoms with Crippen LogP contribution in [0.1, 0.15) is 44.1 Å². The number of pyridine rings is 1. The number of carbonyl (C=O) groups is 1. The highest BCUT2D eigenvalue weighted by Gasteiger charge is 2.14. The second-order valence-electron chi connectivity index (χ2n) is 5.63. The molecule has 1 aliphatic rings. The van der Waals surface area contributed by atoms with Crippen molar-refractivity contribution < 1.29 is 4.79 Å². The molecule has 0 aromatic carbocycles. The lowest BCUT2D eigenvalue weighted by Crippen LogP contribution is -2.43. The SMILES string of the molecule is O=C(NCCCNCc1cccnc1)NC1CCCCC1. The van der Waals surface area contributed by atoms with Gasteiger partial charge in [-0.2, -0.15) is 0 Å². The third-order valence-electron chi connectivity index (χ3n) is 3.81. The predicted molar refractivity (Wildman–Crippen MR) is 84.0 cm³/mol. The van der Waals surface area contributed by atoms with Crippen LogP contribution < -0.4 is 16.0 Å². The Kier molecular flexibility index (Phi) is 7.01. The first-order valence-electron chi connectivity index (χ1n) is 7.98. The molecule has 0 bridgehead atoms. The largest absolute Gasteiger partial charge is 0.338 e. The van der Waals surface area contributed by atoms with Gasteiger partial charge in [0.05, 0.1) is 0 Å². The average molecular weight is 290 g/mol. The fourth-order valence-electron chi connectivity index (χ4n) is 2.63. The second kappa shape index (κ2) is 9.34. The summed E-state index contributed by atoms with van der Waals surface area (Å²) >= 11 is 0. The fourth-order valence-corrected chi connectivity index (χ4v) is 2.63. The number of hydrogen-bond donors (Lipinski definition) is 3. The number of urea groups is 1. The first-order valence-corrected chi connectivity index (χ1v) is 7.98. The Hall–Kier alpha value is -1.62. The van der Waals surface area contributed by atoms with E-state index in [9.17, 15) is 4.79 Å². The lowest BCUT2D eigenvalue weighted by atomic mass is 9.96. The standard InChI is InChI=1S/C16H26N4O/c21-16(20-15-7-2-1-3-8-15)19-11-5-10-18-13-14-6-4-9-17-12-14/h4,6,9,12,15,18H,1-3,5,7-8,10-11,13H2,(H2,19,20,21). The molecule has 1 saturated carbocycles. The minimum Gasteiger partial charge on any atom is -0.338 e. The van der Waals surface area contributed by atoms with Crippen LogP contribution in [0.5, 0.6) is 0 Å². The molecule has 2 amide bonds. The number of nitrogens with zero attached hydrogens (tertiary/aromatic N) is 1. The molecule has 2 rings (SSSR count). The summed E-state index contributed by atoms with van der Waals surface area (Å²) in [7, 11) is 0. The van der Waals surface area contributed by atoms with Crippen molar-refractivity contribution in [3.8, 4) is 0 Å².